The molecule has 0 radical (unpaired) electrons. The van der Waals surface area contributed by atoms with Gasteiger partial charge < -0.3 is 9.42 Å². The van der Waals surface area contributed by atoms with Crippen molar-refractivity contribution in [3.63, 3.8) is 0 Å². The summed E-state index contributed by atoms with van der Waals surface area (Å²) in [6, 6.07) is 7.25. The van der Waals surface area contributed by atoms with Crippen molar-refractivity contribution in [2.75, 3.05) is 11.4 Å². The van der Waals surface area contributed by atoms with E-state index in [1.807, 2.05) is 32.9 Å². The molecule has 116 valence electrons. The first-order valence-corrected chi connectivity index (χ1v) is 7.62. The van der Waals surface area contributed by atoms with Crippen LogP contribution in [0.3, 0.4) is 0 Å². The molecular formula is C16H18ClN3O2. The minimum Gasteiger partial charge on any atom is -0.339 e. The van der Waals surface area contributed by atoms with E-state index in [9.17, 15) is 4.79 Å². The van der Waals surface area contributed by atoms with Crippen molar-refractivity contribution in [1.82, 2.24) is 10.1 Å². The predicted molar refractivity (Wildman–Crippen MR) is 84.2 cm³/mol. The molecule has 0 bridgehead atoms. The van der Waals surface area contributed by atoms with Crippen LogP contribution >= 0.6 is 11.6 Å². The van der Waals surface area contributed by atoms with Crippen molar-refractivity contribution in [1.29, 1.82) is 0 Å². The Morgan fingerprint density at radius 3 is 2.55 bits per heavy atom. The zero-order valence-corrected chi connectivity index (χ0v) is 13.6. The largest absolute Gasteiger partial charge is 0.339 e. The molecular weight excluding hydrogens is 302 g/mol. The Bertz CT molecular complexity index is 688. The van der Waals surface area contributed by atoms with Crippen molar-refractivity contribution in [2.24, 2.45) is 0 Å². The molecule has 1 fully saturated rings. The summed E-state index contributed by atoms with van der Waals surface area (Å²) in [6.07, 6.45) is 0.383. The summed E-state index contributed by atoms with van der Waals surface area (Å²) in [5.74, 6) is 1.20. The molecule has 2 aromatic rings. The Morgan fingerprint density at radius 1 is 1.27 bits per heavy atom. The van der Waals surface area contributed by atoms with Gasteiger partial charge in [-0.15, -0.1) is 0 Å². The topological polar surface area (TPSA) is 59.2 Å². The van der Waals surface area contributed by atoms with Crippen LogP contribution in [-0.4, -0.2) is 22.6 Å². The number of carbonyl (C=O) groups is 1. The molecule has 0 spiro atoms. The van der Waals surface area contributed by atoms with Gasteiger partial charge in [0, 0.05) is 29.1 Å². The summed E-state index contributed by atoms with van der Waals surface area (Å²) in [6.45, 7) is 6.64. The third-order valence-corrected chi connectivity index (χ3v) is 3.98. The van der Waals surface area contributed by atoms with E-state index in [4.69, 9.17) is 16.1 Å². The van der Waals surface area contributed by atoms with Gasteiger partial charge in [-0.25, -0.2) is 0 Å². The standard InChI is InChI=1S/C16H18ClN3O2/c1-16(2,3)15-18-14(22-19-15)10-8-13(21)20(9-10)12-6-4-11(17)5-7-12/h4-7,10H,8-9H2,1-3H3. The van der Waals surface area contributed by atoms with Gasteiger partial charge in [0.15, 0.2) is 5.82 Å². The molecule has 1 aliphatic rings. The fourth-order valence-electron chi connectivity index (χ4n) is 2.45. The molecule has 1 unspecified atom stereocenters. The Hall–Kier alpha value is -1.88. The second-order valence-electron chi connectivity index (χ2n) is 6.59. The summed E-state index contributed by atoms with van der Waals surface area (Å²) in [4.78, 5) is 18.5. The highest BCUT2D eigenvalue weighted by molar-refractivity contribution is 6.30. The van der Waals surface area contributed by atoms with Crippen molar-refractivity contribution in [2.45, 2.75) is 38.5 Å². The Kier molecular flexibility index (Phi) is 3.68. The summed E-state index contributed by atoms with van der Waals surface area (Å²) < 4.78 is 5.37. The highest BCUT2D eigenvalue weighted by Gasteiger charge is 2.35. The van der Waals surface area contributed by atoms with Crippen LogP contribution < -0.4 is 4.90 Å². The normalized spacial score (nSPS) is 19.0. The number of anilines is 1. The maximum atomic E-state index is 12.3. The number of nitrogens with zero attached hydrogens (tertiary/aromatic N) is 3. The molecule has 3 rings (SSSR count). The lowest BCUT2D eigenvalue weighted by atomic mass is 9.96. The summed E-state index contributed by atoms with van der Waals surface area (Å²) in [5.41, 5.74) is 0.674. The number of rotatable bonds is 2. The van der Waals surface area contributed by atoms with Crippen LogP contribution in [0.4, 0.5) is 5.69 Å². The molecule has 0 N–H and O–H groups in total. The SMILES string of the molecule is CC(C)(C)c1noc(C2CC(=O)N(c3ccc(Cl)cc3)C2)n1. The van der Waals surface area contributed by atoms with E-state index in [-0.39, 0.29) is 17.2 Å². The number of carbonyl (C=O) groups excluding carboxylic acids is 1. The van der Waals surface area contributed by atoms with Gasteiger partial charge in [-0.3, -0.25) is 4.79 Å². The first-order valence-electron chi connectivity index (χ1n) is 7.24. The average Bonchev–Trinajstić information content (AvgIpc) is 3.05. The molecule has 6 heteroatoms. The van der Waals surface area contributed by atoms with E-state index < -0.39 is 0 Å². The van der Waals surface area contributed by atoms with Crippen LogP contribution in [0.1, 0.15) is 44.8 Å². The molecule has 1 aliphatic heterocycles. The second kappa shape index (κ2) is 5.39. The fraction of sp³-hybridized carbons (Fsp3) is 0.438. The van der Waals surface area contributed by atoms with Crippen LogP contribution in [0, 0.1) is 0 Å². The monoisotopic (exact) mass is 319 g/mol. The van der Waals surface area contributed by atoms with Gasteiger partial charge in [-0.2, -0.15) is 4.98 Å². The molecule has 1 saturated heterocycles. The van der Waals surface area contributed by atoms with Crippen LogP contribution in [0.5, 0.6) is 0 Å². The molecule has 0 saturated carbocycles. The van der Waals surface area contributed by atoms with E-state index in [2.05, 4.69) is 10.1 Å². The number of benzene rings is 1. The molecule has 0 aliphatic carbocycles. The number of hydrogen-bond acceptors (Lipinski definition) is 4. The van der Waals surface area contributed by atoms with Crippen LogP contribution in [-0.2, 0) is 10.2 Å². The molecule has 22 heavy (non-hydrogen) atoms. The highest BCUT2D eigenvalue weighted by atomic mass is 35.5. The smallest absolute Gasteiger partial charge is 0.232 e. The number of amides is 1. The molecule has 1 aromatic heterocycles. The number of hydrogen-bond donors (Lipinski definition) is 0. The van der Waals surface area contributed by atoms with Crippen LogP contribution in [0.2, 0.25) is 5.02 Å². The van der Waals surface area contributed by atoms with Crippen molar-refractivity contribution >= 4 is 23.2 Å². The third kappa shape index (κ3) is 2.86. The second-order valence-corrected chi connectivity index (χ2v) is 7.02. The maximum Gasteiger partial charge on any atom is 0.232 e. The van der Waals surface area contributed by atoms with E-state index >= 15 is 0 Å². The first-order chi connectivity index (χ1) is 10.3. The lowest BCUT2D eigenvalue weighted by Crippen LogP contribution is -2.24. The minimum atomic E-state index is -0.166. The van der Waals surface area contributed by atoms with Gasteiger partial charge in [0.05, 0.1) is 5.92 Å². The average molecular weight is 320 g/mol. The molecule has 2 heterocycles. The van der Waals surface area contributed by atoms with Gasteiger partial charge in [-0.05, 0) is 24.3 Å². The van der Waals surface area contributed by atoms with Gasteiger partial charge in [-0.1, -0.05) is 37.5 Å². The maximum absolute atomic E-state index is 12.3. The Labute approximate surface area is 134 Å². The molecule has 1 aromatic carbocycles. The quantitative estimate of drug-likeness (QED) is 0.849. The lowest BCUT2D eigenvalue weighted by molar-refractivity contribution is -0.117. The van der Waals surface area contributed by atoms with E-state index in [1.54, 1.807) is 17.0 Å². The first kappa shape index (κ1) is 15.0. The van der Waals surface area contributed by atoms with E-state index in [0.717, 1.165) is 5.69 Å². The zero-order valence-electron chi connectivity index (χ0n) is 12.8. The molecule has 1 amide bonds. The molecule has 1 atom stereocenters. The fourth-order valence-corrected chi connectivity index (χ4v) is 2.58. The van der Waals surface area contributed by atoms with Gasteiger partial charge in [0.1, 0.15) is 0 Å². The van der Waals surface area contributed by atoms with Gasteiger partial charge >= 0.3 is 0 Å². The molecule has 5 nitrogen and oxygen atoms in total. The Morgan fingerprint density at radius 2 is 1.95 bits per heavy atom. The van der Waals surface area contributed by atoms with Gasteiger partial charge in [0.25, 0.3) is 0 Å². The van der Waals surface area contributed by atoms with Crippen molar-refractivity contribution < 1.29 is 9.32 Å². The summed E-state index contributed by atoms with van der Waals surface area (Å²) in [7, 11) is 0. The highest BCUT2D eigenvalue weighted by Crippen LogP contribution is 2.32. The van der Waals surface area contributed by atoms with Crippen LogP contribution in [0.25, 0.3) is 0 Å². The number of aromatic nitrogens is 2. The Balaban J connectivity index is 1.80. The zero-order chi connectivity index (χ0) is 15.9. The predicted octanol–water partition coefficient (Wildman–Crippen LogP) is 3.54. The van der Waals surface area contributed by atoms with Crippen molar-refractivity contribution in [3.05, 3.63) is 41.0 Å². The number of halogens is 1. The van der Waals surface area contributed by atoms with E-state index in [0.29, 0.717) is 29.7 Å². The van der Waals surface area contributed by atoms with E-state index in [1.165, 1.54) is 0 Å². The van der Waals surface area contributed by atoms with Crippen LogP contribution in [0.15, 0.2) is 28.8 Å². The lowest BCUT2D eigenvalue weighted by Gasteiger charge is -2.16. The third-order valence-electron chi connectivity index (χ3n) is 3.73. The minimum absolute atomic E-state index is 0.0582. The van der Waals surface area contributed by atoms with Gasteiger partial charge in [0.2, 0.25) is 11.8 Å². The summed E-state index contributed by atoms with van der Waals surface area (Å²) in [5, 5.41) is 4.68. The summed E-state index contributed by atoms with van der Waals surface area (Å²) >= 11 is 5.89. The van der Waals surface area contributed by atoms with Crippen molar-refractivity contribution in [3.8, 4) is 0 Å².